The van der Waals surface area contributed by atoms with E-state index in [9.17, 15) is 4.39 Å². The topological polar surface area (TPSA) is 49.2 Å². The Morgan fingerprint density at radius 3 is 2.46 bits per heavy atom. The van der Waals surface area contributed by atoms with Crippen molar-refractivity contribution in [3.8, 4) is 17.1 Å². The molecule has 150 valence electrons. The molecule has 0 bridgehead atoms. The van der Waals surface area contributed by atoms with Crippen LogP contribution in [0.4, 0.5) is 4.39 Å². The summed E-state index contributed by atoms with van der Waals surface area (Å²) in [4.78, 5) is 9.57. The minimum atomic E-state index is -0.494. The van der Waals surface area contributed by atoms with Crippen LogP contribution in [0, 0.1) is 13.8 Å². The molecule has 0 amide bonds. The first kappa shape index (κ1) is 20.3. The molecule has 28 heavy (non-hydrogen) atoms. The number of aromatic nitrogens is 3. The van der Waals surface area contributed by atoms with Crippen molar-refractivity contribution in [1.82, 2.24) is 14.5 Å². The SMILES string of the molecule is COCC(CF)n1cc(C)c2nc(-c3ccc(C(C)C)nc3OC)c(C)cc21. The van der Waals surface area contributed by atoms with Crippen LogP contribution in [0.3, 0.4) is 0 Å². The molecule has 0 saturated carbocycles. The van der Waals surface area contributed by atoms with Crippen molar-refractivity contribution in [3.63, 3.8) is 0 Å². The molecule has 3 aromatic rings. The summed E-state index contributed by atoms with van der Waals surface area (Å²) in [6.07, 6.45) is 1.95. The van der Waals surface area contributed by atoms with Gasteiger partial charge < -0.3 is 14.0 Å². The number of fused-ring (bicyclic) bond motifs is 1. The lowest BCUT2D eigenvalue weighted by Gasteiger charge is -2.17. The Kier molecular flexibility index (Phi) is 5.98. The predicted molar refractivity (Wildman–Crippen MR) is 110 cm³/mol. The second kappa shape index (κ2) is 8.27. The summed E-state index contributed by atoms with van der Waals surface area (Å²) >= 11 is 0. The largest absolute Gasteiger partial charge is 0.480 e. The number of aryl methyl sites for hydroxylation is 2. The summed E-state index contributed by atoms with van der Waals surface area (Å²) in [5, 5.41) is 0. The normalized spacial score (nSPS) is 12.7. The third-order valence-corrected chi connectivity index (χ3v) is 5.03. The Balaban J connectivity index is 2.17. The molecular formula is C22H28FN3O2. The number of methoxy groups -OCH3 is 2. The Hall–Kier alpha value is -2.47. The van der Waals surface area contributed by atoms with Gasteiger partial charge in [0.25, 0.3) is 0 Å². The van der Waals surface area contributed by atoms with E-state index in [1.807, 2.05) is 36.7 Å². The number of hydrogen-bond donors (Lipinski definition) is 0. The van der Waals surface area contributed by atoms with Crippen molar-refractivity contribution in [2.24, 2.45) is 0 Å². The van der Waals surface area contributed by atoms with Gasteiger partial charge in [-0.05, 0) is 49.1 Å². The first-order valence-electron chi connectivity index (χ1n) is 9.50. The Bertz CT molecular complexity index is 982. The second-order valence-corrected chi connectivity index (χ2v) is 7.45. The predicted octanol–water partition coefficient (Wildman–Crippen LogP) is 5.00. The summed E-state index contributed by atoms with van der Waals surface area (Å²) in [5.74, 6) is 0.883. The molecule has 1 unspecified atom stereocenters. The fourth-order valence-electron chi connectivity index (χ4n) is 3.50. The van der Waals surface area contributed by atoms with Crippen LogP contribution in [0.25, 0.3) is 22.3 Å². The lowest BCUT2D eigenvalue weighted by Crippen LogP contribution is -2.15. The second-order valence-electron chi connectivity index (χ2n) is 7.45. The molecule has 0 fully saturated rings. The van der Waals surface area contributed by atoms with Gasteiger partial charge >= 0.3 is 0 Å². The highest BCUT2D eigenvalue weighted by atomic mass is 19.1. The van der Waals surface area contributed by atoms with Gasteiger partial charge in [0, 0.05) is 19.0 Å². The molecule has 0 aromatic carbocycles. The van der Waals surface area contributed by atoms with E-state index in [4.69, 9.17) is 14.5 Å². The van der Waals surface area contributed by atoms with E-state index in [-0.39, 0.29) is 6.04 Å². The van der Waals surface area contributed by atoms with Crippen molar-refractivity contribution in [2.45, 2.75) is 39.7 Å². The number of rotatable bonds is 7. The zero-order valence-corrected chi connectivity index (χ0v) is 17.4. The van der Waals surface area contributed by atoms with Gasteiger partial charge in [0.15, 0.2) is 0 Å². The molecule has 0 saturated heterocycles. The summed E-state index contributed by atoms with van der Waals surface area (Å²) in [5.41, 5.74) is 6.41. The van der Waals surface area contributed by atoms with Crippen LogP contribution in [0.15, 0.2) is 24.4 Å². The average molecular weight is 385 g/mol. The van der Waals surface area contributed by atoms with Crippen LogP contribution in [0.5, 0.6) is 5.88 Å². The van der Waals surface area contributed by atoms with Crippen LogP contribution in [-0.4, -0.2) is 42.0 Å². The van der Waals surface area contributed by atoms with Gasteiger partial charge in [0.2, 0.25) is 5.88 Å². The quantitative estimate of drug-likeness (QED) is 0.574. The van der Waals surface area contributed by atoms with E-state index in [1.165, 1.54) is 0 Å². The molecule has 6 heteroatoms. The molecule has 0 radical (unpaired) electrons. The number of pyridine rings is 2. The summed E-state index contributed by atoms with van der Waals surface area (Å²) in [7, 11) is 3.21. The molecule has 3 aromatic heterocycles. The van der Waals surface area contributed by atoms with Crippen LogP contribution >= 0.6 is 0 Å². The maximum absolute atomic E-state index is 13.6. The van der Waals surface area contributed by atoms with Crippen molar-refractivity contribution >= 4 is 11.0 Å². The van der Waals surface area contributed by atoms with Crippen LogP contribution in [0.1, 0.15) is 42.6 Å². The van der Waals surface area contributed by atoms with Crippen LogP contribution < -0.4 is 4.74 Å². The minimum absolute atomic E-state index is 0.314. The van der Waals surface area contributed by atoms with E-state index in [1.54, 1.807) is 14.2 Å². The van der Waals surface area contributed by atoms with Gasteiger partial charge in [-0.1, -0.05) is 13.8 Å². The summed E-state index contributed by atoms with van der Waals surface area (Å²) in [6.45, 7) is 8.02. The van der Waals surface area contributed by atoms with Crippen LogP contribution in [-0.2, 0) is 4.74 Å². The first-order chi connectivity index (χ1) is 13.4. The first-order valence-corrected chi connectivity index (χ1v) is 9.50. The monoisotopic (exact) mass is 385 g/mol. The van der Waals surface area contributed by atoms with Crippen molar-refractivity contribution in [2.75, 3.05) is 27.5 Å². The molecule has 0 N–H and O–H groups in total. The smallest absolute Gasteiger partial charge is 0.222 e. The summed E-state index contributed by atoms with van der Waals surface area (Å²) in [6, 6.07) is 5.72. The van der Waals surface area contributed by atoms with Gasteiger partial charge in [-0.3, -0.25) is 0 Å². The number of ether oxygens (including phenoxy) is 2. The van der Waals surface area contributed by atoms with Gasteiger partial charge in [0.05, 0.1) is 42.0 Å². The summed E-state index contributed by atoms with van der Waals surface area (Å²) < 4.78 is 26.2. The van der Waals surface area contributed by atoms with E-state index in [2.05, 4.69) is 24.9 Å². The number of halogens is 1. The van der Waals surface area contributed by atoms with Gasteiger partial charge in [0.1, 0.15) is 6.67 Å². The van der Waals surface area contributed by atoms with E-state index in [0.717, 1.165) is 39.1 Å². The molecule has 0 aliphatic rings. The average Bonchev–Trinajstić information content (AvgIpc) is 3.00. The van der Waals surface area contributed by atoms with E-state index in [0.29, 0.717) is 18.4 Å². The number of alkyl halides is 1. The molecule has 1 atom stereocenters. The zero-order valence-electron chi connectivity index (χ0n) is 17.4. The Labute approximate surface area is 165 Å². The highest BCUT2D eigenvalue weighted by Gasteiger charge is 2.20. The minimum Gasteiger partial charge on any atom is -0.480 e. The molecule has 0 aliphatic carbocycles. The number of hydrogen-bond acceptors (Lipinski definition) is 4. The molecule has 3 heterocycles. The fraction of sp³-hybridized carbons (Fsp3) is 0.455. The fourth-order valence-corrected chi connectivity index (χ4v) is 3.50. The lowest BCUT2D eigenvalue weighted by molar-refractivity contribution is 0.142. The molecule has 5 nitrogen and oxygen atoms in total. The van der Waals surface area contributed by atoms with Crippen molar-refractivity contribution in [3.05, 3.63) is 41.2 Å². The highest BCUT2D eigenvalue weighted by Crippen LogP contribution is 2.34. The van der Waals surface area contributed by atoms with E-state index >= 15 is 0 Å². The van der Waals surface area contributed by atoms with Gasteiger partial charge in [-0.15, -0.1) is 0 Å². The van der Waals surface area contributed by atoms with Crippen LogP contribution in [0.2, 0.25) is 0 Å². The zero-order chi connectivity index (χ0) is 20.4. The van der Waals surface area contributed by atoms with Gasteiger partial charge in [-0.2, -0.15) is 0 Å². The standard InChI is InChI=1S/C22H28FN3O2/c1-13(2)18-8-7-17(22(24-18)28-6)20-14(3)9-19-21(25-20)15(4)11-26(19)16(10-23)12-27-5/h7-9,11,13,16H,10,12H2,1-6H3. The van der Waals surface area contributed by atoms with E-state index < -0.39 is 6.67 Å². The highest BCUT2D eigenvalue weighted by molar-refractivity contribution is 5.85. The van der Waals surface area contributed by atoms with Crippen molar-refractivity contribution in [1.29, 1.82) is 0 Å². The maximum Gasteiger partial charge on any atom is 0.222 e. The molecule has 0 aliphatic heterocycles. The Morgan fingerprint density at radius 2 is 1.86 bits per heavy atom. The number of nitrogens with zero attached hydrogens (tertiary/aromatic N) is 3. The molecule has 3 rings (SSSR count). The third-order valence-electron chi connectivity index (χ3n) is 5.03. The molecule has 0 spiro atoms. The third kappa shape index (κ3) is 3.61. The molecular weight excluding hydrogens is 357 g/mol. The van der Waals surface area contributed by atoms with Crippen molar-refractivity contribution < 1.29 is 13.9 Å². The maximum atomic E-state index is 13.6. The van der Waals surface area contributed by atoms with Gasteiger partial charge in [-0.25, -0.2) is 14.4 Å². The Morgan fingerprint density at radius 1 is 1.11 bits per heavy atom. The lowest BCUT2D eigenvalue weighted by atomic mass is 10.0.